The van der Waals surface area contributed by atoms with Crippen molar-refractivity contribution >= 4 is 18.0 Å². The molecule has 27 heavy (non-hydrogen) atoms. The molecule has 0 saturated heterocycles. The number of aliphatic carboxylic acids is 1. The van der Waals surface area contributed by atoms with Crippen LogP contribution in [-0.2, 0) is 9.59 Å². The number of nitrogens with one attached hydrogen (secondary N) is 1. The summed E-state index contributed by atoms with van der Waals surface area (Å²) in [6.07, 6.45) is 13.8. The van der Waals surface area contributed by atoms with Gasteiger partial charge in [0.05, 0.1) is 0 Å². The highest BCUT2D eigenvalue weighted by Gasteiger charge is 2.10. The summed E-state index contributed by atoms with van der Waals surface area (Å²) in [5.41, 5.74) is 1.02. The number of aromatic hydroxyl groups is 1. The largest absolute Gasteiger partial charge is 0.508 e. The SMILES string of the molecule is CCCCCCCCCC=CC(=O)NC(=Cc1ccc(O)c(C)c1)C(=O)O. The van der Waals surface area contributed by atoms with Crippen molar-refractivity contribution in [3.8, 4) is 5.75 Å². The Hall–Kier alpha value is -2.56. The van der Waals surface area contributed by atoms with Gasteiger partial charge in [-0.25, -0.2) is 4.79 Å². The van der Waals surface area contributed by atoms with Crippen LogP contribution < -0.4 is 5.32 Å². The minimum absolute atomic E-state index is 0.140. The van der Waals surface area contributed by atoms with Gasteiger partial charge in [0.1, 0.15) is 11.4 Å². The summed E-state index contributed by atoms with van der Waals surface area (Å²) in [4.78, 5) is 23.3. The molecule has 0 atom stereocenters. The Morgan fingerprint density at radius 3 is 2.37 bits per heavy atom. The van der Waals surface area contributed by atoms with Gasteiger partial charge in [0, 0.05) is 0 Å². The molecule has 0 aromatic heterocycles. The number of carboxylic acids is 1. The zero-order chi connectivity index (χ0) is 20.1. The van der Waals surface area contributed by atoms with Gasteiger partial charge >= 0.3 is 5.97 Å². The zero-order valence-electron chi connectivity index (χ0n) is 16.3. The molecule has 3 N–H and O–H groups in total. The third kappa shape index (κ3) is 9.64. The van der Waals surface area contributed by atoms with E-state index >= 15 is 0 Å². The van der Waals surface area contributed by atoms with Crippen molar-refractivity contribution in [1.82, 2.24) is 5.32 Å². The van der Waals surface area contributed by atoms with Crippen LogP contribution in [0.25, 0.3) is 6.08 Å². The number of allylic oxidation sites excluding steroid dienone is 1. The maximum Gasteiger partial charge on any atom is 0.352 e. The van der Waals surface area contributed by atoms with Crippen LogP contribution in [0.15, 0.2) is 36.0 Å². The standard InChI is InChI=1S/C22H31NO4/c1-3-4-5-6-7-8-9-10-11-12-21(25)23-19(22(26)27)16-18-13-14-20(24)17(2)15-18/h11-16,24H,3-10H2,1-2H3,(H,23,25)(H,26,27). The fourth-order valence-corrected chi connectivity index (χ4v) is 2.67. The molecule has 148 valence electrons. The van der Waals surface area contributed by atoms with Crippen LogP contribution in [0.5, 0.6) is 5.75 Å². The van der Waals surface area contributed by atoms with Crippen LogP contribution in [-0.4, -0.2) is 22.1 Å². The van der Waals surface area contributed by atoms with Crippen LogP contribution in [0.3, 0.4) is 0 Å². The molecular weight excluding hydrogens is 342 g/mol. The average molecular weight is 373 g/mol. The number of unbranched alkanes of at least 4 members (excludes halogenated alkanes) is 7. The minimum atomic E-state index is -1.21. The molecule has 0 heterocycles. The lowest BCUT2D eigenvalue weighted by molar-refractivity contribution is -0.134. The van der Waals surface area contributed by atoms with E-state index in [1.54, 1.807) is 25.1 Å². The van der Waals surface area contributed by atoms with Gasteiger partial charge in [-0.2, -0.15) is 0 Å². The maximum absolute atomic E-state index is 11.9. The Labute approximate surface area is 161 Å². The quantitative estimate of drug-likeness (QED) is 0.358. The molecule has 0 radical (unpaired) electrons. The van der Waals surface area contributed by atoms with Crippen molar-refractivity contribution in [3.63, 3.8) is 0 Å². The second-order valence-electron chi connectivity index (χ2n) is 6.71. The number of benzene rings is 1. The summed E-state index contributed by atoms with van der Waals surface area (Å²) in [6, 6.07) is 4.74. The summed E-state index contributed by atoms with van der Waals surface area (Å²) in [5, 5.41) is 21.2. The highest BCUT2D eigenvalue weighted by atomic mass is 16.4. The van der Waals surface area contributed by atoms with Gasteiger partial charge in [-0.3, -0.25) is 4.79 Å². The molecule has 0 aliphatic heterocycles. The Balaban J connectivity index is 2.45. The number of carbonyl (C=O) groups is 2. The van der Waals surface area contributed by atoms with E-state index < -0.39 is 11.9 Å². The number of phenolic OH excluding ortho intramolecular Hbond substituents is 1. The number of hydrogen-bond acceptors (Lipinski definition) is 3. The summed E-state index contributed by atoms with van der Waals surface area (Å²) in [7, 11) is 0. The lowest BCUT2D eigenvalue weighted by atomic mass is 10.1. The number of phenols is 1. The second kappa shape index (κ2) is 12.7. The molecule has 1 aromatic rings. The number of rotatable bonds is 12. The number of carbonyl (C=O) groups excluding carboxylic acids is 1. The Morgan fingerprint density at radius 1 is 1.07 bits per heavy atom. The summed E-state index contributed by atoms with van der Waals surface area (Å²) < 4.78 is 0. The van der Waals surface area contributed by atoms with Crippen molar-refractivity contribution in [1.29, 1.82) is 0 Å². The van der Waals surface area contributed by atoms with Crippen molar-refractivity contribution in [3.05, 3.63) is 47.2 Å². The number of aryl methyl sites for hydroxylation is 1. The first-order valence-corrected chi connectivity index (χ1v) is 9.66. The lowest BCUT2D eigenvalue weighted by Gasteiger charge is -2.05. The van der Waals surface area contributed by atoms with Crippen LogP contribution in [0, 0.1) is 6.92 Å². The average Bonchev–Trinajstić information content (AvgIpc) is 2.62. The van der Waals surface area contributed by atoms with Crippen LogP contribution >= 0.6 is 0 Å². The van der Waals surface area contributed by atoms with Gasteiger partial charge in [-0.15, -0.1) is 0 Å². The fourth-order valence-electron chi connectivity index (χ4n) is 2.67. The molecule has 0 spiro atoms. The molecule has 0 unspecified atom stereocenters. The van der Waals surface area contributed by atoms with Crippen molar-refractivity contribution in [2.45, 2.75) is 65.2 Å². The van der Waals surface area contributed by atoms with Crippen LogP contribution in [0.4, 0.5) is 0 Å². The highest BCUT2D eigenvalue weighted by molar-refractivity contribution is 5.99. The van der Waals surface area contributed by atoms with E-state index in [-0.39, 0.29) is 11.4 Å². The van der Waals surface area contributed by atoms with Crippen molar-refractivity contribution < 1.29 is 19.8 Å². The van der Waals surface area contributed by atoms with E-state index in [1.807, 2.05) is 0 Å². The number of carboxylic acid groups (broad SMARTS) is 1. The smallest absolute Gasteiger partial charge is 0.352 e. The first-order chi connectivity index (χ1) is 12.9. The second-order valence-corrected chi connectivity index (χ2v) is 6.71. The van der Waals surface area contributed by atoms with E-state index in [0.717, 1.165) is 19.3 Å². The third-order valence-electron chi connectivity index (χ3n) is 4.26. The molecule has 0 aliphatic rings. The monoisotopic (exact) mass is 373 g/mol. The summed E-state index contributed by atoms with van der Waals surface area (Å²) >= 11 is 0. The van der Waals surface area contributed by atoms with E-state index in [2.05, 4.69) is 12.2 Å². The Kier molecular flexibility index (Phi) is 10.6. The molecule has 1 amide bonds. The van der Waals surface area contributed by atoms with E-state index in [4.69, 9.17) is 0 Å². The molecule has 0 bridgehead atoms. The Morgan fingerprint density at radius 2 is 1.74 bits per heavy atom. The van der Waals surface area contributed by atoms with Gasteiger partial charge in [0.15, 0.2) is 0 Å². The van der Waals surface area contributed by atoms with Crippen molar-refractivity contribution in [2.24, 2.45) is 0 Å². The topological polar surface area (TPSA) is 86.6 Å². The fraction of sp³-hybridized carbons (Fsp3) is 0.455. The molecule has 1 aromatic carbocycles. The molecule has 0 fully saturated rings. The van der Waals surface area contributed by atoms with E-state index in [9.17, 15) is 19.8 Å². The minimum Gasteiger partial charge on any atom is -0.508 e. The van der Waals surface area contributed by atoms with Gasteiger partial charge in [0.2, 0.25) is 5.91 Å². The van der Waals surface area contributed by atoms with Gasteiger partial charge in [0.25, 0.3) is 0 Å². The zero-order valence-corrected chi connectivity index (χ0v) is 16.3. The van der Waals surface area contributed by atoms with Crippen LogP contribution in [0.2, 0.25) is 0 Å². The highest BCUT2D eigenvalue weighted by Crippen LogP contribution is 2.18. The van der Waals surface area contributed by atoms with E-state index in [0.29, 0.717) is 11.1 Å². The maximum atomic E-state index is 11.9. The third-order valence-corrected chi connectivity index (χ3v) is 4.26. The molecule has 5 heteroatoms. The predicted molar refractivity (Wildman–Crippen MR) is 108 cm³/mol. The molecule has 5 nitrogen and oxygen atoms in total. The van der Waals surface area contributed by atoms with Crippen LogP contribution in [0.1, 0.15) is 69.4 Å². The van der Waals surface area contributed by atoms with Gasteiger partial charge in [-0.05, 0) is 55.2 Å². The molecule has 0 aliphatic carbocycles. The van der Waals surface area contributed by atoms with Gasteiger partial charge in [-0.1, -0.05) is 57.6 Å². The predicted octanol–water partition coefficient (Wildman–Crippen LogP) is 4.94. The summed E-state index contributed by atoms with van der Waals surface area (Å²) in [6.45, 7) is 3.92. The first kappa shape index (κ1) is 22.5. The van der Waals surface area contributed by atoms with E-state index in [1.165, 1.54) is 50.3 Å². The number of hydrogen-bond donors (Lipinski definition) is 3. The summed E-state index contributed by atoms with van der Waals surface area (Å²) in [5.74, 6) is -1.53. The molecular formula is C22H31NO4. The first-order valence-electron chi connectivity index (χ1n) is 9.66. The lowest BCUT2D eigenvalue weighted by Crippen LogP contribution is -2.25. The normalized spacial score (nSPS) is 11.7. The number of amides is 1. The molecule has 0 saturated carbocycles. The van der Waals surface area contributed by atoms with Crippen molar-refractivity contribution in [2.75, 3.05) is 0 Å². The Bertz CT molecular complexity index is 677. The molecule has 1 rings (SSSR count). The van der Waals surface area contributed by atoms with Gasteiger partial charge < -0.3 is 15.5 Å².